The molecule has 0 N–H and O–H groups in total. The molecule has 0 aromatic heterocycles. The monoisotopic (exact) mass is 224 g/mol. The Balaban J connectivity index is 2.72. The third-order valence-corrected chi connectivity index (χ3v) is 5.51. The van der Waals surface area contributed by atoms with Gasteiger partial charge >= 0.3 is 0 Å². The average molecular weight is 225 g/mol. The molecule has 0 spiro atoms. The fourth-order valence-corrected chi connectivity index (χ4v) is 3.25. The van der Waals surface area contributed by atoms with Gasteiger partial charge < -0.3 is 0 Å². The number of hydrogen-bond acceptors (Lipinski definition) is 0. The molecule has 1 aromatic carbocycles. The van der Waals surface area contributed by atoms with Gasteiger partial charge in [-0.3, -0.25) is 0 Å². The van der Waals surface area contributed by atoms with Crippen molar-refractivity contribution in [3.63, 3.8) is 0 Å². The van der Waals surface area contributed by atoms with Crippen LogP contribution in [0.3, 0.4) is 0 Å². The van der Waals surface area contributed by atoms with Crippen molar-refractivity contribution in [3.8, 4) is 0 Å². The molecule has 1 aromatic rings. The third-order valence-electron chi connectivity index (χ3n) is 2.46. The maximum absolute atomic E-state index is 6.42. The molecule has 0 saturated heterocycles. The van der Waals surface area contributed by atoms with Gasteiger partial charge in [0, 0.05) is 0 Å². The summed E-state index contributed by atoms with van der Waals surface area (Å²) in [6.45, 7) is 8.21. The molecule has 0 aliphatic carbocycles. The van der Waals surface area contributed by atoms with Gasteiger partial charge in [-0.25, -0.2) is 0 Å². The molecular formula is C12H17ClSi. The van der Waals surface area contributed by atoms with Gasteiger partial charge in [-0.15, -0.1) is 6.58 Å². The van der Waals surface area contributed by atoms with Crippen LogP contribution in [-0.2, 0) is 6.42 Å². The first-order chi connectivity index (χ1) is 6.54. The summed E-state index contributed by atoms with van der Waals surface area (Å²) in [6, 6.07) is 10.5. The summed E-state index contributed by atoms with van der Waals surface area (Å²) in [7, 11) is -1.62. The third kappa shape index (κ3) is 3.32. The fourth-order valence-electron chi connectivity index (χ4n) is 1.47. The van der Waals surface area contributed by atoms with Gasteiger partial charge in [0.25, 0.3) is 0 Å². The van der Waals surface area contributed by atoms with Gasteiger partial charge in [-0.05, 0) is 17.5 Å². The molecule has 0 nitrogen and oxygen atoms in total. The Morgan fingerprint density at radius 1 is 1.36 bits per heavy atom. The van der Waals surface area contributed by atoms with Gasteiger partial charge in [0.2, 0.25) is 0 Å². The second-order valence-corrected chi connectivity index (χ2v) is 10.9. The first kappa shape index (κ1) is 11.5. The predicted octanol–water partition coefficient (Wildman–Crippen LogP) is 4.23. The Morgan fingerprint density at radius 3 is 2.36 bits per heavy atom. The molecule has 1 rings (SSSR count). The zero-order valence-electron chi connectivity index (χ0n) is 8.83. The van der Waals surface area contributed by atoms with E-state index in [1.54, 1.807) is 0 Å². The molecule has 0 bridgehead atoms. The maximum atomic E-state index is 6.42. The lowest BCUT2D eigenvalue weighted by atomic mass is 10.1. The van der Waals surface area contributed by atoms with E-state index in [9.17, 15) is 0 Å². The highest BCUT2D eigenvalue weighted by atomic mass is 35.6. The van der Waals surface area contributed by atoms with Crippen molar-refractivity contribution in [1.29, 1.82) is 0 Å². The van der Waals surface area contributed by atoms with E-state index in [1.165, 1.54) is 5.56 Å². The molecule has 14 heavy (non-hydrogen) atoms. The Labute approximate surface area is 92.3 Å². The molecule has 0 saturated carbocycles. The number of halogens is 1. The predicted molar refractivity (Wildman–Crippen MR) is 67.4 cm³/mol. The van der Waals surface area contributed by atoms with Crippen LogP contribution >= 0.6 is 11.1 Å². The second-order valence-electron chi connectivity index (χ2n) is 4.10. The first-order valence-electron chi connectivity index (χ1n) is 4.89. The van der Waals surface area contributed by atoms with Gasteiger partial charge in [-0.1, -0.05) is 49.5 Å². The summed E-state index contributed by atoms with van der Waals surface area (Å²) in [4.78, 5) is 0. The van der Waals surface area contributed by atoms with E-state index in [-0.39, 0.29) is 0 Å². The minimum Gasteiger partial charge on any atom is -0.167 e. The maximum Gasteiger partial charge on any atom is 0.157 e. The summed E-state index contributed by atoms with van der Waals surface area (Å²) in [5, 5.41) is 0. The fraction of sp³-hybridized carbons (Fsp3) is 0.333. The van der Waals surface area contributed by atoms with Crippen molar-refractivity contribution in [2.45, 2.75) is 25.1 Å². The van der Waals surface area contributed by atoms with Crippen LogP contribution in [0.15, 0.2) is 43.0 Å². The largest absolute Gasteiger partial charge is 0.167 e. The summed E-state index contributed by atoms with van der Waals surface area (Å²) in [5.41, 5.74) is 1.80. The van der Waals surface area contributed by atoms with Crippen molar-refractivity contribution < 1.29 is 0 Å². The van der Waals surface area contributed by atoms with Crippen molar-refractivity contribution in [2.75, 3.05) is 0 Å². The molecule has 0 heterocycles. The highest BCUT2D eigenvalue weighted by Crippen LogP contribution is 2.30. The zero-order chi connectivity index (χ0) is 10.6. The van der Waals surface area contributed by atoms with Crippen molar-refractivity contribution in [1.82, 2.24) is 0 Å². The SMILES string of the molecule is C=CC(Cc1ccccc1)[Si](C)(C)Cl. The van der Waals surface area contributed by atoms with Crippen molar-refractivity contribution in [2.24, 2.45) is 0 Å². The molecule has 0 aliphatic rings. The molecule has 0 fully saturated rings. The van der Waals surface area contributed by atoms with Crippen LogP contribution in [0.1, 0.15) is 5.56 Å². The minimum absolute atomic E-state index is 0.451. The Hall–Kier alpha value is -0.533. The number of allylic oxidation sites excluding steroid dienone is 1. The standard InChI is InChI=1S/C12H17ClSi/c1-4-12(14(2,3)13)10-11-8-6-5-7-9-11/h4-9,12H,1,10H2,2-3H3. The molecule has 0 amide bonds. The van der Waals surface area contributed by atoms with Gasteiger partial charge in [0.05, 0.1) is 0 Å². The minimum atomic E-state index is -1.62. The topological polar surface area (TPSA) is 0 Å². The molecule has 0 radical (unpaired) electrons. The van der Waals surface area contributed by atoms with Gasteiger partial charge in [0.15, 0.2) is 7.38 Å². The van der Waals surface area contributed by atoms with Crippen LogP contribution in [-0.4, -0.2) is 7.38 Å². The summed E-state index contributed by atoms with van der Waals surface area (Å²) >= 11 is 6.42. The van der Waals surface area contributed by atoms with Gasteiger partial charge in [0.1, 0.15) is 0 Å². The normalized spacial score (nSPS) is 13.6. The Kier molecular flexibility index (Phi) is 3.96. The van der Waals surface area contributed by atoms with E-state index < -0.39 is 7.38 Å². The van der Waals surface area contributed by atoms with Crippen LogP contribution in [0.25, 0.3) is 0 Å². The van der Waals surface area contributed by atoms with E-state index in [0.29, 0.717) is 5.54 Å². The smallest absolute Gasteiger partial charge is 0.157 e. The Morgan fingerprint density at radius 2 is 1.93 bits per heavy atom. The molecule has 1 unspecified atom stereocenters. The number of hydrogen-bond donors (Lipinski definition) is 0. The lowest BCUT2D eigenvalue weighted by Crippen LogP contribution is -2.25. The van der Waals surface area contributed by atoms with E-state index >= 15 is 0 Å². The average Bonchev–Trinajstić information content (AvgIpc) is 2.14. The lowest BCUT2D eigenvalue weighted by molar-refractivity contribution is 0.967. The Bertz CT molecular complexity index is 287. The lowest BCUT2D eigenvalue weighted by Gasteiger charge is -2.23. The van der Waals surface area contributed by atoms with Crippen molar-refractivity contribution in [3.05, 3.63) is 48.6 Å². The molecule has 0 aliphatic heterocycles. The molecular weight excluding hydrogens is 208 g/mol. The second kappa shape index (κ2) is 4.81. The van der Waals surface area contributed by atoms with Gasteiger partial charge in [-0.2, -0.15) is 11.1 Å². The van der Waals surface area contributed by atoms with E-state index in [2.05, 4.69) is 43.9 Å². The van der Waals surface area contributed by atoms with E-state index in [4.69, 9.17) is 11.1 Å². The highest BCUT2D eigenvalue weighted by Gasteiger charge is 2.27. The number of benzene rings is 1. The van der Waals surface area contributed by atoms with Crippen molar-refractivity contribution >= 4 is 18.5 Å². The highest BCUT2D eigenvalue weighted by molar-refractivity contribution is 7.20. The number of rotatable bonds is 4. The zero-order valence-corrected chi connectivity index (χ0v) is 10.6. The summed E-state index contributed by atoms with van der Waals surface area (Å²) in [5.74, 6) is 0. The molecule has 76 valence electrons. The molecule has 2 heteroatoms. The van der Waals surface area contributed by atoms with Crippen LogP contribution in [0.5, 0.6) is 0 Å². The van der Waals surface area contributed by atoms with Crippen LogP contribution < -0.4 is 0 Å². The van der Waals surface area contributed by atoms with Crippen LogP contribution in [0, 0.1) is 0 Å². The van der Waals surface area contributed by atoms with Crippen LogP contribution in [0.4, 0.5) is 0 Å². The first-order valence-corrected chi connectivity index (χ1v) is 8.98. The van der Waals surface area contributed by atoms with E-state index in [1.807, 2.05) is 12.1 Å². The quantitative estimate of drug-likeness (QED) is 0.408. The summed E-state index contributed by atoms with van der Waals surface area (Å²) in [6.07, 6.45) is 3.03. The summed E-state index contributed by atoms with van der Waals surface area (Å²) < 4.78 is 0. The molecule has 1 atom stereocenters. The van der Waals surface area contributed by atoms with E-state index in [0.717, 1.165) is 6.42 Å². The van der Waals surface area contributed by atoms with Crippen LogP contribution in [0.2, 0.25) is 18.6 Å².